The molecule has 2 rings (SSSR count). The van der Waals surface area contributed by atoms with Gasteiger partial charge in [-0.3, -0.25) is 0 Å². The van der Waals surface area contributed by atoms with Crippen molar-refractivity contribution < 1.29 is 9.84 Å². The predicted octanol–water partition coefficient (Wildman–Crippen LogP) is 3.87. The molecule has 2 aromatic carbocycles. The Hall–Kier alpha value is -1.26. The number of ether oxygens (including phenoxy) is 1. The molecule has 0 saturated heterocycles. The molecule has 3 nitrogen and oxygen atoms in total. The zero-order valence-electron chi connectivity index (χ0n) is 13.1. The van der Waals surface area contributed by atoms with Gasteiger partial charge in [0.15, 0.2) is 0 Å². The maximum Gasteiger partial charge on any atom is 0.119 e. The minimum atomic E-state index is -0.551. The fourth-order valence-electron chi connectivity index (χ4n) is 2.08. The number of halogens is 2. The van der Waals surface area contributed by atoms with Gasteiger partial charge in [0.25, 0.3) is 0 Å². The SMILES string of the molecule is Cc1ccc(OC[C@@H](O)CNCCc2ccc(Cl)c(Cl)c2)cc1. The van der Waals surface area contributed by atoms with Gasteiger partial charge in [-0.1, -0.05) is 47.0 Å². The van der Waals surface area contributed by atoms with Crippen molar-refractivity contribution in [1.29, 1.82) is 0 Å². The number of aryl methyl sites for hydroxylation is 1. The van der Waals surface area contributed by atoms with Crippen LogP contribution in [0.25, 0.3) is 0 Å². The minimum Gasteiger partial charge on any atom is -0.491 e. The molecule has 0 unspecified atom stereocenters. The highest BCUT2D eigenvalue weighted by molar-refractivity contribution is 6.42. The molecule has 0 aliphatic rings. The highest BCUT2D eigenvalue weighted by atomic mass is 35.5. The molecule has 0 heterocycles. The number of aliphatic hydroxyl groups excluding tert-OH is 1. The van der Waals surface area contributed by atoms with E-state index in [1.54, 1.807) is 6.07 Å². The summed E-state index contributed by atoms with van der Waals surface area (Å²) in [5, 5.41) is 14.3. The van der Waals surface area contributed by atoms with Gasteiger partial charge in [0.2, 0.25) is 0 Å². The van der Waals surface area contributed by atoms with Crippen LogP contribution < -0.4 is 10.1 Å². The Labute approximate surface area is 147 Å². The second-order valence-electron chi connectivity index (χ2n) is 5.48. The van der Waals surface area contributed by atoms with Gasteiger partial charge < -0.3 is 15.2 Å². The summed E-state index contributed by atoms with van der Waals surface area (Å²) in [5.41, 5.74) is 2.29. The van der Waals surface area contributed by atoms with Gasteiger partial charge >= 0.3 is 0 Å². The number of nitrogens with one attached hydrogen (secondary N) is 1. The number of rotatable bonds is 8. The third-order valence-corrected chi connectivity index (χ3v) is 4.16. The largest absolute Gasteiger partial charge is 0.491 e. The standard InChI is InChI=1S/C18H21Cl2NO2/c1-13-2-5-16(6-3-13)23-12-15(22)11-21-9-8-14-4-7-17(19)18(20)10-14/h2-7,10,15,21-22H,8-9,11-12H2,1H3/t15-/m0/s1. The third-order valence-electron chi connectivity index (χ3n) is 3.42. The molecule has 0 amide bonds. The van der Waals surface area contributed by atoms with E-state index in [4.69, 9.17) is 27.9 Å². The van der Waals surface area contributed by atoms with Crippen molar-refractivity contribution in [2.24, 2.45) is 0 Å². The zero-order valence-corrected chi connectivity index (χ0v) is 14.6. The second kappa shape index (κ2) is 9.14. The molecular weight excluding hydrogens is 333 g/mol. The van der Waals surface area contributed by atoms with Gasteiger partial charge in [-0.2, -0.15) is 0 Å². The van der Waals surface area contributed by atoms with E-state index in [0.717, 1.165) is 24.3 Å². The van der Waals surface area contributed by atoms with E-state index < -0.39 is 6.10 Å². The van der Waals surface area contributed by atoms with Gasteiger partial charge in [0.05, 0.1) is 10.0 Å². The molecule has 0 aliphatic heterocycles. The van der Waals surface area contributed by atoms with E-state index in [1.165, 1.54) is 5.56 Å². The van der Waals surface area contributed by atoms with Gasteiger partial charge in [-0.25, -0.2) is 0 Å². The summed E-state index contributed by atoms with van der Waals surface area (Å²) in [7, 11) is 0. The molecule has 0 aromatic heterocycles. The Balaban J connectivity index is 1.63. The average Bonchev–Trinajstić information content (AvgIpc) is 2.54. The Morgan fingerprint density at radius 1 is 1.09 bits per heavy atom. The van der Waals surface area contributed by atoms with Crippen LogP contribution in [0.1, 0.15) is 11.1 Å². The van der Waals surface area contributed by atoms with Crippen LogP contribution in [-0.2, 0) is 6.42 Å². The van der Waals surface area contributed by atoms with Crippen LogP contribution in [0.5, 0.6) is 5.75 Å². The van der Waals surface area contributed by atoms with Crippen molar-refractivity contribution in [3.63, 3.8) is 0 Å². The fourth-order valence-corrected chi connectivity index (χ4v) is 2.40. The van der Waals surface area contributed by atoms with Crippen molar-refractivity contribution >= 4 is 23.2 Å². The molecule has 124 valence electrons. The highest BCUT2D eigenvalue weighted by Crippen LogP contribution is 2.22. The lowest BCUT2D eigenvalue weighted by Crippen LogP contribution is -2.32. The van der Waals surface area contributed by atoms with Crippen LogP contribution in [0, 0.1) is 6.92 Å². The van der Waals surface area contributed by atoms with Crippen molar-refractivity contribution in [2.45, 2.75) is 19.4 Å². The normalized spacial score (nSPS) is 12.2. The molecular formula is C18H21Cl2NO2. The lowest BCUT2D eigenvalue weighted by molar-refractivity contribution is 0.106. The van der Waals surface area contributed by atoms with Crippen LogP contribution >= 0.6 is 23.2 Å². The second-order valence-corrected chi connectivity index (χ2v) is 6.29. The molecule has 2 aromatic rings. The monoisotopic (exact) mass is 353 g/mol. The first-order chi connectivity index (χ1) is 11.0. The summed E-state index contributed by atoms with van der Waals surface area (Å²) >= 11 is 11.9. The Morgan fingerprint density at radius 3 is 2.52 bits per heavy atom. The minimum absolute atomic E-state index is 0.267. The first-order valence-corrected chi connectivity index (χ1v) is 8.32. The number of aliphatic hydroxyl groups is 1. The van der Waals surface area contributed by atoms with Crippen molar-refractivity contribution in [3.8, 4) is 5.75 Å². The molecule has 5 heteroatoms. The van der Waals surface area contributed by atoms with Crippen LogP contribution in [0.15, 0.2) is 42.5 Å². The predicted molar refractivity (Wildman–Crippen MR) is 95.7 cm³/mol. The molecule has 1 atom stereocenters. The van der Waals surface area contributed by atoms with E-state index >= 15 is 0 Å². The molecule has 0 aliphatic carbocycles. The van der Waals surface area contributed by atoms with Gasteiger partial charge in [0.1, 0.15) is 18.5 Å². The molecule has 23 heavy (non-hydrogen) atoms. The summed E-state index contributed by atoms with van der Waals surface area (Å²) in [6, 6.07) is 13.4. The third kappa shape index (κ3) is 6.40. The molecule has 0 radical (unpaired) electrons. The Bertz CT molecular complexity index is 617. The summed E-state index contributed by atoms with van der Waals surface area (Å²) in [6.07, 6.45) is 0.271. The highest BCUT2D eigenvalue weighted by Gasteiger charge is 2.05. The van der Waals surface area contributed by atoms with Crippen LogP contribution in [0.4, 0.5) is 0 Å². The average molecular weight is 354 g/mol. The fraction of sp³-hybridized carbons (Fsp3) is 0.333. The molecule has 0 spiro atoms. The van der Waals surface area contributed by atoms with E-state index in [1.807, 2.05) is 43.3 Å². The summed E-state index contributed by atoms with van der Waals surface area (Å²) < 4.78 is 5.54. The van der Waals surface area contributed by atoms with E-state index in [-0.39, 0.29) is 6.61 Å². The van der Waals surface area contributed by atoms with Crippen LogP contribution in [0.3, 0.4) is 0 Å². The van der Waals surface area contributed by atoms with Crippen molar-refractivity contribution in [3.05, 3.63) is 63.6 Å². The van der Waals surface area contributed by atoms with E-state index in [9.17, 15) is 5.11 Å². The molecule has 0 fully saturated rings. The first kappa shape index (κ1) is 18.1. The number of hydrogen-bond donors (Lipinski definition) is 2. The van der Waals surface area contributed by atoms with E-state index in [2.05, 4.69) is 5.32 Å². The lowest BCUT2D eigenvalue weighted by Gasteiger charge is -2.13. The smallest absolute Gasteiger partial charge is 0.119 e. The topological polar surface area (TPSA) is 41.5 Å². The molecule has 2 N–H and O–H groups in total. The first-order valence-electron chi connectivity index (χ1n) is 7.57. The summed E-state index contributed by atoms with van der Waals surface area (Å²) in [4.78, 5) is 0. The van der Waals surface area contributed by atoms with Crippen LogP contribution in [-0.4, -0.2) is 30.9 Å². The number of hydrogen-bond acceptors (Lipinski definition) is 3. The lowest BCUT2D eigenvalue weighted by atomic mass is 10.1. The van der Waals surface area contributed by atoms with Gasteiger partial charge in [-0.05, 0) is 49.7 Å². The quantitative estimate of drug-likeness (QED) is 0.707. The van der Waals surface area contributed by atoms with Gasteiger partial charge in [-0.15, -0.1) is 0 Å². The summed E-state index contributed by atoms with van der Waals surface area (Å²) in [5.74, 6) is 0.769. The maximum atomic E-state index is 9.92. The Morgan fingerprint density at radius 2 is 1.83 bits per heavy atom. The summed E-state index contributed by atoms with van der Waals surface area (Å²) in [6.45, 7) is 3.52. The van der Waals surface area contributed by atoms with Gasteiger partial charge in [0, 0.05) is 6.54 Å². The zero-order chi connectivity index (χ0) is 16.7. The van der Waals surface area contributed by atoms with E-state index in [0.29, 0.717) is 16.6 Å². The molecule has 0 saturated carbocycles. The Kier molecular flexibility index (Phi) is 7.18. The van der Waals surface area contributed by atoms with Crippen LogP contribution in [0.2, 0.25) is 10.0 Å². The number of benzene rings is 2. The maximum absolute atomic E-state index is 9.92. The van der Waals surface area contributed by atoms with Crippen molar-refractivity contribution in [1.82, 2.24) is 5.32 Å². The molecule has 0 bridgehead atoms. The van der Waals surface area contributed by atoms with Crippen molar-refractivity contribution in [2.75, 3.05) is 19.7 Å².